The van der Waals surface area contributed by atoms with E-state index in [9.17, 15) is 18.3 Å². The van der Waals surface area contributed by atoms with Crippen LogP contribution in [0.1, 0.15) is 32.6 Å². The number of anilines is 1. The standard InChI is InChI=1S/C21H33N5O6S/c1-20(4-5-20)16-12-21(31-2,6-7-26(16)19(27)28)15-32-18-14-22-17(13-23-18)24-8-10-25(11-9-24)33(3,29)30/h13-14,16H,4-12,15H2,1-3H3,(H,27,28). The van der Waals surface area contributed by atoms with Crippen molar-refractivity contribution in [1.82, 2.24) is 19.2 Å². The number of sulfonamides is 1. The quantitative estimate of drug-likeness (QED) is 0.610. The largest absolute Gasteiger partial charge is 0.473 e. The fourth-order valence-corrected chi connectivity index (χ4v) is 5.63. The Morgan fingerprint density at radius 3 is 2.36 bits per heavy atom. The predicted molar refractivity (Wildman–Crippen MR) is 121 cm³/mol. The molecule has 2 unspecified atom stereocenters. The van der Waals surface area contributed by atoms with Crippen LogP contribution in [-0.4, -0.2) is 103 Å². The maximum atomic E-state index is 11.7. The first kappa shape index (κ1) is 24.0. The molecule has 11 nitrogen and oxygen atoms in total. The molecular weight excluding hydrogens is 450 g/mol. The summed E-state index contributed by atoms with van der Waals surface area (Å²) in [6.07, 6.45) is 6.72. The number of ether oxygens (including phenoxy) is 2. The summed E-state index contributed by atoms with van der Waals surface area (Å²) in [5.74, 6) is 1.05. The molecule has 0 spiro atoms. The minimum atomic E-state index is -3.18. The van der Waals surface area contributed by atoms with Gasteiger partial charge in [-0.3, -0.25) is 0 Å². The normalized spacial score (nSPS) is 27.9. The first-order chi connectivity index (χ1) is 15.6. The van der Waals surface area contributed by atoms with Gasteiger partial charge in [0.1, 0.15) is 18.0 Å². The lowest BCUT2D eigenvalue weighted by molar-refractivity contribution is -0.104. The second-order valence-electron chi connectivity index (χ2n) is 9.64. The fraction of sp³-hybridized carbons (Fsp3) is 0.762. The molecule has 2 saturated heterocycles. The average molecular weight is 484 g/mol. The number of carbonyl (C=O) groups is 1. The molecule has 3 heterocycles. The SMILES string of the molecule is COC1(COc2cnc(N3CCN(S(C)(=O)=O)CC3)cn2)CCN(C(=O)O)C(C2(C)CC2)C1. The Hall–Kier alpha value is -2.18. The summed E-state index contributed by atoms with van der Waals surface area (Å²) in [4.78, 5) is 24.1. The van der Waals surface area contributed by atoms with Crippen molar-refractivity contribution in [2.24, 2.45) is 5.41 Å². The Bertz CT molecular complexity index is 962. The van der Waals surface area contributed by atoms with Crippen molar-refractivity contribution in [3.05, 3.63) is 12.4 Å². The summed E-state index contributed by atoms with van der Waals surface area (Å²) in [6.45, 7) is 4.76. The predicted octanol–water partition coefficient (Wildman–Crippen LogP) is 1.26. The number of aromatic nitrogens is 2. The van der Waals surface area contributed by atoms with E-state index in [0.29, 0.717) is 57.3 Å². The van der Waals surface area contributed by atoms with Crippen molar-refractivity contribution < 1.29 is 27.8 Å². The molecule has 2 aliphatic heterocycles. The van der Waals surface area contributed by atoms with Gasteiger partial charge in [0.25, 0.3) is 0 Å². The van der Waals surface area contributed by atoms with E-state index in [4.69, 9.17) is 9.47 Å². The maximum Gasteiger partial charge on any atom is 0.407 e. The minimum absolute atomic E-state index is 0.00513. The van der Waals surface area contributed by atoms with Crippen LogP contribution >= 0.6 is 0 Å². The molecule has 4 rings (SSSR count). The molecule has 1 saturated carbocycles. The van der Waals surface area contributed by atoms with E-state index in [2.05, 4.69) is 16.9 Å². The molecule has 1 aromatic heterocycles. The van der Waals surface area contributed by atoms with Crippen molar-refractivity contribution in [2.45, 2.75) is 44.2 Å². The number of hydrogen-bond donors (Lipinski definition) is 1. The zero-order chi connectivity index (χ0) is 23.9. The van der Waals surface area contributed by atoms with Crippen molar-refractivity contribution in [3.63, 3.8) is 0 Å². The van der Waals surface area contributed by atoms with Gasteiger partial charge in [-0.1, -0.05) is 6.92 Å². The average Bonchev–Trinajstić information content (AvgIpc) is 3.56. The van der Waals surface area contributed by atoms with Gasteiger partial charge in [-0.25, -0.2) is 23.2 Å². The third-order valence-corrected chi connectivity index (χ3v) is 8.70. The van der Waals surface area contributed by atoms with Crippen LogP contribution in [0.5, 0.6) is 5.88 Å². The Kier molecular flexibility index (Phi) is 6.45. The van der Waals surface area contributed by atoms with Gasteiger partial charge in [0, 0.05) is 52.3 Å². The molecular formula is C21H33N5O6S. The zero-order valence-electron chi connectivity index (χ0n) is 19.4. The molecule has 1 aromatic rings. The minimum Gasteiger partial charge on any atom is -0.473 e. The molecule has 2 atom stereocenters. The second-order valence-corrected chi connectivity index (χ2v) is 11.6. The van der Waals surface area contributed by atoms with Gasteiger partial charge in [-0.05, 0) is 24.7 Å². The Balaban J connectivity index is 1.36. The molecule has 3 aliphatic rings. The number of carboxylic acid groups (broad SMARTS) is 1. The van der Waals surface area contributed by atoms with Gasteiger partial charge >= 0.3 is 6.09 Å². The van der Waals surface area contributed by atoms with Crippen LogP contribution in [-0.2, 0) is 14.8 Å². The summed E-state index contributed by atoms with van der Waals surface area (Å²) in [5, 5.41) is 9.64. The molecule has 0 bridgehead atoms. The number of hydrogen-bond acceptors (Lipinski definition) is 8. The van der Waals surface area contributed by atoms with E-state index < -0.39 is 21.7 Å². The summed E-state index contributed by atoms with van der Waals surface area (Å²) >= 11 is 0. The number of methoxy groups -OCH3 is 1. The number of rotatable bonds is 7. The molecule has 0 radical (unpaired) electrons. The molecule has 1 aliphatic carbocycles. The number of piperidine rings is 1. The van der Waals surface area contributed by atoms with Crippen LogP contribution in [0.15, 0.2) is 12.4 Å². The fourth-order valence-electron chi connectivity index (χ4n) is 4.80. The Morgan fingerprint density at radius 2 is 1.85 bits per heavy atom. The molecule has 3 fully saturated rings. The highest BCUT2D eigenvalue weighted by atomic mass is 32.2. The van der Waals surface area contributed by atoms with Gasteiger partial charge in [0.15, 0.2) is 0 Å². The van der Waals surface area contributed by atoms with Crippen LogP contribution in [0.2, 0.25) is 0 Å². The van der Waals surface area contributed by atoms with E-state index in [1.54, 1.807) is 24.4 Å². The van der Waals surface area contributed by atoms with E-state index in [1.807, 2.05) is 4.90 Å². The van der Waals surface area contributed by atoms with Crippen LogP contribution in [0.25, 0.3) is 0 Å². The zero-order valence-corrected chi connectivity index (χ0v) is 20.3. The van der Waals surface area contributed by atoms with E-state index >= 15 is 0 Å². The van der Waals surface area contributed by atoms with Crippen LogP contribution in [0, 0.1) is 5.41 Å². The van der Waals surface area contributed by atoms with Crippen LogP contribution < -0.4 is 9.64 Å². The van der Waals surface area contributed by atoms with Crippen molar-refractivity contribution in [3.8, 4) is 5.88 Å². The van der Waals surface area contributed by atoms with Crippen LogP contribution in [0.4, 0.5) is 10.6 Å². The van der Waals surface area contributed by atoms with Crippen molar-refractivity contribution >= 4 is 21.9 Å². The van der Waals surface area contributed by atoms with Gasteiger partial charge in [-0.2, -0.15) is 4.31 Å². The molecule has 12 heteroatoms. The Labute approximate surface area is 194 Å². The van der Waals surface area contributed by atoms with Crippen molar-refractivity contribution in [1.29, 1.82) is 0 Å². The van der Waals surface area contributed by atoms with E-state index in [0.717, 1.165) is 12.8 Å². The number of nitrogens with zero attached hydrogens (tertiary/aromatic N) is 5. The lowest BCUT2D eigenvalue weighted by atomic mass is 9.80. The first-order valence-corrected chi connectivity index (χ1v) is 13.1. The monoisotopic (exact) mass is 483 g/mol. The van der Waals surface area contributed by atoms with E-state index in [-0.39, 0.29) is 18.1 Å². The first-order valence-electron chi connectivity index (χ1n) is 11.2. The molecule has 0 aromatic carbocycles. The maximum absolute atomic E-state index is 11.7. The third-order valence-electron chi connectivity index (χ3n) is 7.40. The summed E-state index contributed by atoms with van der Waals surface area (Å²) in [6, 6.07) is -0.0913. The number of amides is 1. The van der Waals surface area contributed by atoms with Gasteiger partial charge in [-0.15, -0.1) is 0 Å². The molecule has 184 valence electrons. The lowest BCUT2D eigenvalue weighted by Crippen LogP contribution is -2.57. The Morgan fingerprint density at radius 1 is 1.15 bits per heavy atom. The third kappa shape index (κ3) is 5.17. The van der Waals surface area contributed by atoms with Crippen molar-refractivity contribution in [2.75, 3.05) is 57.6 Å². The molecule has 1 amide bonds. The highest BCUT2D eigenvalue weighted by Crippen LogP contribution is 2.53. The highest BCUT2D eigenvalue weighted by molar-refractivity contribution is 7.88. The molecule has 1 N–H and O–H groups in total. The topological polar surface area (TPSA) is 125 Å². The summed E-state index contributed by atoms with van der Waals surface area (Å²) < 4.78 is 36.7. The van der Waals surface area contributed by atoms with Crippen LogP contribution in [0.3, 0.4) is 0 Å². The number of likely N-dealkylation sites (tertiary alicyclic amines) is 1. The molecule has 33 heavy (non-hydrogen) atoms. The lowest BCUT2D eigenvalue weighted by Gasteiger charge is -2.46. The summed E-state index contributed by atoms with van der Waals surface area (Å²) in [7, 11) is -1.53. The van der Waals surface area contributed by atoms with Gasteiger partial charge in [0.05, 0.1) is 18.6 Å². The second kappa shape index (κ2) is 8.88. The van der Waals surface area contributed by atoms with E-state index in [1.165, 1.54) is 10.6 Å². The smallest absolute Gasteiger partial charge is 0.407 e. The van der Waals surface area contributed by atoms with Gasteiger partial charge in [0.2, 0.25) is 15.9 Å². The highest BCUT2D eigenvalue weighted by Gasteiger charge is 2.54. The summed E-state index contributed by atoms with van der Waals surface area (Å²) in [5.41, 5.74) is -0.574. The number of piperazine rings is 1. The van der Waals surface area contributed by atoms with Gasteiger partial charge < -0.3 is 24.4 Å².